The van der Waals surface area contributed by atoms with E-state index in [1.165, 1.54) is 12.0 Å². The lowest BCUT2D eigenvalue weighted by molar-refractivity contribution is -0.136. The summed E-state index contributed by atoms with van der Waals surface area (Å²) in [5, 5.41) is 0. The molecular formula is C18H21NO5. The predicted molar refractivity (Wildman–Crippen MR) is 89.3 cm³/mol. The Morgan fingerprint density at radius 2 is 2.00 bits per heavy atom. The fourth-order valence-electron chi connectivity index (χ4n) is 2.58. The van der Waals surface area contributed by atoms with Gasteiger partial charge in [0.1, 0.15) is 5.75 Å². The lowest BCUT2D eigenvalue weighted by atomic mass is 10.0. The van der Waals surface area contributed by atoms with Crippen molar-refractivity contribution in [2.75, 3.05) is 34.5 Å². The van der Waals surface area contributed by atoms with Gasteiger partial charge in [0.2, 0.25) is 0 Å². The average Bonchev–Trinajstić information content (AvgIpc) is 2.83. The van der Waals surface area contributed by atoms with Crippen LogP contribution in [0.15, 0.2) is 41.1 Å². The van der Waals surface area contributed by atoms with Crippen LogP contribution in [0.4, 0.5) is 0 Å². The molecule has 1 aromatic carbocycles. The highest BCUT2D eigenvalue weighted by Crippen LogP contribution is 2.31. The van der Waals surface area contributed by atoms with Gasteiger partial charge in [-0.1, -0.05) is 12.1 Å². The Balaban J connectivity index is 2.47. The zero-order valence-corrected chi connectivity index (χ0v) is 14.3. The lowest BCUT2D eigenvalue weighted by Crippen LogP contribution is -2.28. The Morgan fingerprint density at radius 3 is 2.62 bits per heavy atom. The van der Waals surface area contributed by atoms with E-state index in [9.17, 15) is 9.59 Å². The standard InChI is InChI=1S/C18H21NO5/c1-12-16(18(21)24-4)15(17(20)19(12)8-9-22-2)11-13-6-5-7-14(10-13)23-3/h5-7,10-11H,8-9H2,1-4H3/b15-11-. The summed E-state index contributed by atoms with van der Waals surface area (Å²) in [5.41, 5.74) is 1.92. The number of hydrogen-bond donors (Lipinski definition) is 0. The predicted octanol–water partition coefficient (Wildman–Crippen LogP) is 2.01. The number of carbonyl (C=O) groups excluding carboxylic acids is 2. The van der Waals surface area contributed by atoms with Gasteiger partial charge in [0.15, 0.2) is 0 Å². The van der Waals surface area contributed by atoms with E-state index in [1.54, 1.807) is 33.3 Å². The highest BCUT2D eigenvalue weighted by Gasteiger charge is 2.36. The molecule has 0 radical (unpaired) electrons. The van der Waals surface area contributed by atoms with Gasteiger partial charge in [0, 0.05) is 19.4 Å². The first-order valence-electron chi connectivity index (χ1n) is 7.49. The largest absolute Gasteiger partial charge is 0.497 e. The molecular weight excluding hydrogens is 310 g/mol. The van der Waals surface area contributed by atoms with E-state index in [2.05, 4.69) is 0 Å². The average molecular weight is 331 g/mol. The van der Waals surface area contributed by atoms with Crippen LogP contribution in [0.3, 0.4) is 0 Å². The Kier molecular flexibility index (Phi) is 5.76. The van der Waals surface area contributed by atoms with Crippen molar-refractivity contribution in [2.24, 2.45) is 0 Å². The van der Waals surface area contributed by atoms with Gasteiger partial charge in [-0.2, -0.15) is 0 Å². The topological polar surface area (TPSA) is 65.1 Å². The van der Waals surface area contributed by atoms with E-state index in [0.29, 0.717) is 30.2 Å². The molecule has 0 unspecified atom stereocenters. The molecule has 1 aliphatic rings. The molecule has 0 saturated carbocycles. The zero-order valence-electron chi connectivity index (χ0n) is 14.3. The summed E-state index contributed by atoms with van der Waals surface area (Å²) in [6.07, 6.45) is 1.67. The number of methoxy groups -OCH3 is 3. The number of allylic oxidation sites excluding steroid dienone is 1. The number of hydrogen-bond acceptors (Lipinski definition) is 5. The van der Waals surface area contributed by atoms with E-state index in [0.717, 1.165) is 5.56 Å². The minimum absolute atomic E-state index is 0.243. The van der Waals surface area contributed by atoms with E-state index < -0.39 is 5.97 Å². The summed E-state index contributed by atoms with van der Waals surface area (Å²) in [7, 11) is 4.44. The summed E-state index contributed by atoms with van der Waals surface area (Å²) in [6.45, 7) is 2.48. The second kappa shape index (κ2) is 7.79. The number of ether oxygens (including phenoxy) is 3. The van der Waals surface area contributed by atoms with Gasteiger partial charge in [0.25, 0.3) is 5.91 Å². The van der Waals surface area contributed by atoms with E-state index in [1.807, 2.05) is 18.2 Å². The molecule has 1 aromatic rings. The normalized spacial score (nSPS) is 16.1. The third-order valence-electron chi connectivity index (χ3n) is 3.82. The SMILES string of the molecule is COCCN1C(=O)/C(=C\c2cccc(OC)c2)C(C(=O)OC)=C1C. The molecule has 6 nitrogen and oxygen atoms in total. The summed E-state index contributed by atoms with van der Waals surface area (Å²) in [6, 6.07) is 7.26. The molecule has 0 saturated heterocycles. The Labute approximate surface area is 141 Å². The van der Waals surface area contributed by atoms with E-state index in [4.69, 9.17) is 14.2 Å². The van der Waals surface area contributed by atoms with E-state index >= 15 is 0 Å². The number of benzene rings is 1. The number of nitrogens with zero attached hydrogens (tertiary/aromatic N) is 1. The van der Waals surface area contributed by atoms with Crippen molar-refractivity contribution in [1.29, 1.82) is 0 Å². The molecule has 24 heavy (non-hydrogen) atoms. The van der Waals surface area contributed by atoms with Gasteiger partial charge in [0.05, 0.1) is 32.0 Å². The summed E-state index contributed by atoms with van der Waals surface area (Å²) < 4.78 is 15.1. The van der Waals surface area contributed by atoms with Crippen molar-refractivity contribution in [2.45, 2.75) is 6.92 Å². The summed E-state index contributed by atoms with van der Waals surface area (Å²) >= 11 is 0. The smallest absolute Gasteiger partial charge is 0.340 e. The molecule has 0 N–H and O–H groups in total. The maximum Gasteiger partial charge on any atom is 0.340 e. The maximum absolute atomic E-state index is 12.7. The van der Waals surface area contributed by atoms with Crippen LogP contribution < -0.4 is 4.74 Å². The Hall–Kier alpha value is -2.60. The monoisotopic (exact) mass is 331 g/mol. The van der Waals surface area contributed by atoms with Gasteiger partial charge in [-0.05, 0) is 30.7 Å². The summed E-state index contributed by atoms with van der Waals surface area (Å²) in [5.74, 6) is -0.103. The number of esters is 1. The van der Waals surface area contributed by atoms with Crippen molar-refractivity contribution in [3.8, 4) is 5.75 Å². The van der Waals surface area contributed by atoms with Crippen LogP contribution in [-0.2, 0) is 19.1 Å². The highest BCUT2D eigenvalue weighted by atomic mass is 16.5. The Morgan fingerprint density at radius 1 is 1.25 bits per heavy atom. The van der Waals surface area contributed by atoms with Crippen LogP contribution in [0.1, 0.15) is 12.5 Å². The van der Waals surface area contributed by atoms with Gasteiger partial charge < -0.3 is 19.1 Å². The van der Waals surface area contributed by atoms with Gasteiger partial charge >= 0.3 is 5.97 Å². The lowest BCUT2D eigenvalue weighted by Gasteiger charge is -2.16. The molecule has 0 aliphatic carbocycles. The first-order chi connectivity index (χ1) is 11.5. The van der Waals surface area contributed by atoms with Crippen molar-refractivity contribution >= 4 is 18.0 Å². The molecule has 1 aliphatic heterocycles. The van der Waals surface area contributed by atoms with Gasteiger partial charge in [-0.15, -0.1) is 0 Å². The van der Waals surface area contributed by atoms with Crippen molar-refractivity contribution < 1.29 is 23.8 Å². The van der Waals surface area contributed by atoms with Crippen LogP contribution in [0.5, 0.6) is 5.75 Å². The Bertz CT molecular complexity index is 705. The first-order valence-corrected chi connectivity index (χ1v) is 7.49. The van der Waals surface area contributed by atoms with Gasteiger partial charge in [-0.3, -0.25) is 4.79 Å². The minimum atomic E-state index is -0.532. The molecule has 1 heterocycles. The maximum atomic E-state index is 12.7. The van der Waals surface area contributed by atoms with Crippen LogP contribution >= 0.6 is 0 Å². The molecule has 128 valence electrons. The summed E-state index contributed by atoms with van der Waals surface area (Å²) in [4.78, 5) is 26.4. The third kappa shape index (κ3) is 3.49. The second-order valence-electron chi connectivity index (χ2n) is 5.24. The fourth-order valence-corrected chi connectivity index (χ4v) is 2.58. The number of rotatable bonds is 6. The first kappa shape index (κ1) is 17.7. The molecule has 0 bridgehead atoms. The van der Waals surface area contributed by atoms with Gasteiger partial charge in [-0.25, -0.2) is 4.79 Å². The van der Waals surface area contributed by atoms with Crippen molar-refractivity contribution in [1.82, 2.24) is 4.90 Å². The molecule has 6 heteroatoms. The van der Waals surface area contributed by atoms with E-state index in [-0.39, 0.29) is 11.5 Å². The molecule has 0 aromatic heterocycles. The minimum Gasteiger partial charge on any atom is -0.497 e. The highest BCUT2D eigenvalue weighted by molar-refractivity contribution is 6.16. The third-order valence-corrected chi connectivity index (χ3v) is 3.82. The fraction of sp³-hybridized carbons (Fsp3) is 0.333. The number of amides is 1. The molecule has 1 amide bonds. The van der Waals surface area contributed by atoms with Crippen molar-refractivity contribution in [3.05, 3.63) is 46.7 Å². The van der Waals surface area contributed by atoms with Crippen LogP contribution in [0.25, 0.3) is 6.08 Å². The quantitative estimate of drug-likeness (QED) is 0.589. The molecule has 2 rings (SSSR count). The number of carbonyl (C=O) groups is 2. The van der Waals surface area contributed by atoms with Crippen LogP contribution in [0.2, 0.25) is 0 Å². The second-order valence-corrected chi connectivity index (χ2v) is 5.24. The van der Waals surface area contributed by atoms with Crippen LogP contribution in [0, 0.1) is 0 Å². The van der Waals surface area contributed by atoms with Crippen LogP contribution in [-0.4, -0.2) is 51.3 Å². The van der Waals surface area contributed by atoms with Crippen molar-refractivity contribution in [3.63, 3.8) is 0 Å². The molecule has 0 spiro atoms. The molecule has 0 atom stereocenters. The zero-order chi connectivity index (χ0) is 17.7. The molecule has 0 fully saturated rings.